The van der Waals surface area contributed by atoms with Crippen LogP contribution in [0.1, 0.15) is 32.0 Å². The summed E-state index contributed by atoms with van der Waals surface area (Å²) in [6.45, 7) is 7.83. The highest BCUT2D eigenvalue weighted by Crippen LogP contribution is 2.26. The predicted molar refractivity (Wildman–Crippen MR) is 55.3 cm³/mol. The first-order valence-corrected chi connectivity index (χ1v) is 4.95. The second kappa shape index (κ2) is 3.37. The zero-order chi connectivity index (χ0) is 10.2. The van der Waals surface area contributed by atoms with E-state index in [0.29, 0.717) is 10.2 Å². The van der Waals surface area contributed by atoms with Gasteiger partial charge in [-0.3, -0.25) is 0 Å². The molecule has 0 N–H and O–H groups in total. The summed E-state index contributed by atoms with van der Waals surface area (Å²) >= 11 is 3.19. The zero-order valence-electron chi connectivity index (χ0n) is 8.28. The molecule has 13 heavy (non-hydrogen) atoms. The third kappa shape index (κ3) is 2.27. The van der Waals surface area contributed by atoms with Crippen molar-refractivity contribution >= 4 is 15.9 Å². The Hall–Kier alpha value is -0.440. The molecule has 0 atom stereocenters. The van der Waals surface area contributed by atoms with Gasteiger partial charge in [0.15, 0.2) is 0 Å². The van der Waals surface area contributed by atoms with E-state index in [1.807, 2.05) is 20.8 Å². The number of aromatic nitrogens is 1. The molecule has 1 nitrogen and oxygen atoms in total. The minimum Gasteiger partial charge on any atom is -0.245 e. The Bertz CT molecular complexity index is 328. The molecule has 0 unspecified atom stereocenters. The maximum atomic E-state index is 13.3. The molecule has 0 spiro atoms. The summed E-state index contributed by atoms with van der Waals surface area (Å²) in [7, 11) is 0. The molecule has 1 aromatic rings. The molecule has 0 saturated heterocycles. The van der Waals surface area contributed by atoms with Crippen LogP contribution in [0.25, 0.3) is 0 Å². The Morgan fingerprint density at radius 2 is 1.92 bits per heavy atom. The maximum absolute atomic E-state index is 13.3. The van der Waals surface area contributed by atoms with E-state index in [0.717, 1.165) is 5.69 Å². The highest BCUT2D eigenvalue weighted by molar-refractivity contribution is 9.10. The number of pyridine rings is 1. The third-order valence-corrected chi connectivity index (χ3v) is 2.29. The van der Waals surface area contributed by atoms with Gasteiger partial charge in [0.25, 0.3) is 0 Å². The van der Waals surface area contributed by atoms with Crippen LogP contribution in [0, 0.1) is 12.7 Å². The van der Waals surface area contributed by atoms with Gasteiger partial charge >= 0.3 is 0 Å². The minimum absolute atomic E-state index is 0.116. The van der Waals surface area contributed by atoms with Crippen molar-refractivity contribution in [3.8, 4) is 0 Å². The molecule has 1 heterocycles. The molecule has 1 aromatic heterocycles. The van der Waals surface area contributed by atoms with Crippen LogP contribution in [0.5, 0.6) is 0 Å². The van der Waals surface area contributed by atoms with Crippen molar-refractivity contribution in [2.45, 2.75) is 33.1 Å². The van der Waals surface area contributed by atoms with Crippen LogP contribution in [0.4, 0.5) is 4.39 Å². The number of nitrogens with zero attached hydrogens (tertiary/aromatic N) is 1. The van der Waals surface area contributed by atoms with Gasteiger partial charge in [-0.1, -0.05) is 20.8 Å². The molecule has 1 rings (SSSR count). The van der Waals surface area contributed by atoms with Gasteiger partial charge in [-0.25, -0.2) is 9.37 Å². The molecule has 0 amide bonds. The summed E-state index contributed by atoms with van der Waals surface area (Å²) in [6.07, 6.45) is 0. The van der Waals surface area contributed by atoms with Crippen molar-refractivity contribution in [1.29, 1.82) is 0 Å². The summed E-state index contributed by atoms with van der Waals surface area (Å²) in [6, 6.07) is 1.39. The van der Waals surface area contributed by atoms with Crippen LogP contribution in [0.2, 0.25) is 0 Å². The van der Waals surface area contributed by atoms with E-state index >= 15 is 0 Å². The lowest BCUT2D eigenvalue weighted by Gasteiger charge is -2.20. The van der Waals surface area contributed by atoms with Crippen LogP contribution < -0.4 is 0 Å². The van der Waals surface area contributed by atoms with E-state index < -0.39 is 0 Å². The first-order valence-electron chi connectivity index (χ1n) is 4.15. The lowest BCUT2D eigenvalue weighted by atomic mass is 9.89. The lowest BCUT2D eigenvalue weighted by Crippen LogP contribution is -2.16. The first-order chi connectivity index (χ1) is 5.82. The molecule has 72 valence electrons. The molecule has 0 saturated carbocycles. The van der Waals surface area contributed by atoms with E-state index in [4.69, 9.17) is 0 Å². The molecule has 0 bridgehead atoms. The number of hydrogen-bond donors (Lipinski definition) is 0. The first kappa shape index (κ1) is 10.6. The van der Waals surface area contributed by atoms with Crippen LogP contribution in [0.15, 0.2) is 10.7 Å². The summed E-state index contributed by atoms with van der Waals surface area (Å²) in [4.78, 5) is 4.28. The Balaban J connectivity index is 3.37. The number of hydrogen-bond acceptors (Lipinski definition) is 1. The van der Waals surface area contributed by atoms with Gasteiger partial charge in [0.2, 0.25) is 0 Å². The fraction of sp³-hybridized carbons (Fsp3) is 0.500. The number of rotatable bonds is 0. The average molecular weight is 246 g/mol. The van der Waals surface area contributed by atoms with Crippen LogP contribution in [0.3, 0.4) is 0 Å². The van der Waals surface area contributed by atoms with Gasteiger partial charge in [0, 0.05) is 17.0 Å². The standard InChI is InChI=1S/C10H13BrFN/c1-6-7(12)5-8(11)13-9(6)10(2,3)4/h5H,1-4H3. The van der Waals surface area contributed by atoms with Crippen molar-refractivity contribution < 1.29 is 4.39 Å². The third-order valence-electron chi connectivity index (χ3n) is 1.89. The average Bonchev–Trinajstić information content (AvgIpc) is 1.94. The fourth-order valence-electron chi connectivity index (χ4n) is 1.28. The Morgan fingerprint density at radius 1 is 1.38 bits per heavy atom. The van der Waals surface area contributed by atoms with Gasteiger partial charge < -0.3 is 0 Å². The van der Waals surface area contributed by atoms with E-state index in [1.165, 1.54) is 6.07 Å². The topological polar surface area (TPSA) is 12.9 Å². The summed E-state index contributed by atoms with van der Waals surface area (Å²) in [5, 5.41) is 0. The smallest absolute Gasteiger partial charge is 0.130 e. The maximum Gasteiger partial charge on any atom is 0.130 e. The van der Waals surface area contributed by atoms with E-state index in [9.17, 15) is 4.39 Å². The minimum atomic E-state index is -0.202. The van der Waals surface area contributed by atoms with E-state index in [1.54, 1.807) is 6.92 Å². The van der Waals surface area contributed by atoms with Gasteiger partial charge in [-0.05, 0) is 22.9 Å². The molecule has 0 fully saturated rings. The van der Waals surface area contributed by atoms with Crippen molar-refractivity contribution in [1.82, 2.24) is 4.98 Å². The normalized spacial score (nSPS) is 11.8. The number of halogens is 2. The van der Waals surface area contributed by atoms with Crippen molar-refractivity contribution in [3.05, 3.63) is 27.7 Å². The van der Waals surface area contributed by atoms with E-state index in [-0.39, 0.29) is 11.2 Å². The molecule has 0 aliphatic carbocycles. The molecule has 3 heteroatoms. The van der Waals surface area contributed by atoms with Gasteiger partial charge in [0.1, 0.15) is 10.4 Å². The monoisotopic (exact) mass is 245 g/mol. The lowest BCUT2D eigenvalue weighted by molar-refractivity contribution is 0.540. The van der Waals surface area contributed by atoms with Gasteiger partial charge in [-0.2, -0.15) is 0 Å². The highest BCUT2D eigenvalue weighted by Gasteiger charge is 2.20. The highest BCUT2D eigenvalue weighted by atomic mass is 79.9. The SMILES string of the molecule is Cc1c(F)cc(Br)nc1C(C)(C)C. The quantitative estimate of drug-likeness (QED) is 0.637. The fourth-order valence-corrected chi connectivity index (χ4v) is 1.66. The summed E-state index contributed by atoms with van der Waals surface area (Å²) < 4.78 is 13.9. The zero-order valence-corrected chi connectivity index (χ0v) is 9.87. The molecule has 0 aliphatic heterocycles. The Labute approximate surface area is 86.5 Å². The summed E-state index contributed by atoms with van der Waals surface area (Å²) in [5.41, 5.74) is 1.32. The molecular formula is C10H13BrFN. The molecule has 0 radical (unpaired) electrons. The molecular weight excluding hydrogens is 233 g/mol. The largest absolute Gasteiger partial charge is 0.245 e. The van der Waals surface area contributed by atoms with Crippen LogP contribution in [-0.4, -0.2) is 4.98 Å². The van der Waals surface area contributed by atoms with Crippen molar-refractivity contribution in [3.63, 3.8) is 0 Å². The van der Waals surface area contributed by atoms with Crippen LogP contribution in [-0.2, 0) is 5.41 Å². The van der Waals surface area contributed by atoms with Crippen molar-refractivity contribution in [2.75, 3.05) is 0 Å². The van der Waals surface area contributed by atoms with E-state index in [2.05, 4.69) is 20.9 Å². The molecule has 0 aromatic carbocycles. The van der Waals surface area contributed by atoms with Crippen molar-refractivity contribution in [2.24, 2.45) is 0 Å². The predicted octanol–water partition coefficient (Wildman–Crippen LogP) is 3.59. The molecule has 0 aliphatic rings. The summed E-state index contributed by atoms with van der Waals surface area (Å²) in [5.74, 6) is -0.202. The van der Waals surface area contributed by atoms with Gasteiger partial charge in [-0.15, -0.1) is 0 Å². The second-order valence-electron chi connectivity index (χ2n) is 4.15. The Kier molecular flexibility index (Phi) is 2.76. The second-order valence-corrected chi connectivity index (χ2v) is 4.96. The Morgan fingerprint density at radius 3 is 2.38 bits per heavy atom. The van der Waals surface area contributed by atoms with Crippen LogP contribution >= 0.6 is 15.9 Å². The van der Waals surface area contributed by atoms with Gasteiger partial charge in [0.05, 0.1) is 5.69 Å².